The molecule has 1 heterocycles. The summed E-state index contributed by atoms with van der Waals surface area (Å²) in [5.74, 6) is 0.763. The van der Waals surface area contributed by atoms with Crippen LogP contribution in [0.1, 0.15) is 26.7 Å². The molecule has 0 bridgehead atoms. The molecule has 2 N–H and O–H groups in total. The van der Waals surface area contributed by atoms with Crippen LogP contribution in [0.4, 0.5) is 0 Å². The van der Waals surface area contributed by atoms with E-state index in [0.29, 0.717) is 11.7 Å². The zero-order chi connectivity index (χ0) is 13.4. The first-order valence-electron chi connectivity index (χ1n) is 6.13. The van der Waals surface area contributed by atoms with Gasteiger partial charge in [0.05, 0.1) is 12.1 Å². The van der Waals surface area contributed by atoms with Crippen LogP contribution in [0.5, 0.6) is 0 Å². The second kappa shape index (κ2) is 7.95. The Morgan fingerprint density at radius 1 is 1.61 bits per heavy atom. The van der Waals surface area contributed by atoms with Crippen molar-refractivity contribution in [1.82, 2.24) is 20.1 Å². The van der Waals surface area contributed by atoms with Crippen LogP contribution in [0.25, 0.3) is 0 Å². The lowest BCUT2D eigenvalue weighted by Crippen LogP contribution is -2.27. The molecule has 0 radical (unpaired) electrons. The third-order valence-corrected chi connectivity index (χ3v) is 3.42. The molecule has 1 aromatic rings. The van der Waals surface area contributed by atoms with E-state index in [-0.39, 0.29) is 11.7 Å². The molecule has 0 saturated heterocycles. The average molecular weight is 269 g/mol. The summed E-state index contributed by atoms with van der Waals surface area (Å²) in [5, 5.41) is 19.1. The average Bonchev–Trinajstić information content (AvgIpc) is 2.71. The molecule has 1 atom stereocenters. The molecule has 1 rings (SSSR count). The number of H-pyrrole nitrogens is 1. The summed E-state index contributed by atoms with van der Waals surface area (Å²) in [6, 6.07) is 2.08. The summed E-state index contributed by atoms with van der Waals surface area (Å²) in [5.41, 5.74) is -0.164. The Labute approximate surface area is 111 Å². The van der Waals surface area contributed by atoms with Gasteiger partial charge in [-0.05, 0) is 19.4 Å². The van der Waals surface area contributed by atoms with Crippen molar-refractivity contribution in [3.8, 4) is 6.07 Å². The number of hydrogen-bond donors (Lipinski definition) is 2. The Kier molecular flexibility index (Phi) is 6.54. The number of aromatic amines is 1. The first kappa shape index (κ1) is 14.8. The molecule has 100 valence electrons. The minimum Gasteiger partial charge on any atom is -0.302 e. The largest absolute Gasteiger partial charge is 0.343 e. The van der Waals surface area contributed by atoms with Gasteiger partial charge in [-0.25, -0.2) is 9.89 Å². The minimum atomic E-state index is -0.164. The highest BCUT2D eigenvalue weighted by Gasteiger charge is 2.10. The minimum absolute atomic E-state index is 0.132. The molecule has 6 nitrogen and oxygen atoms in total. The van der Waals surface area contributed by atoms with Crippen molar-refractivity contribution in [3.05, 3.63) is 10.5 Å². The first-order valence-corrected chi connectivity index (χ1v) is 7.12. The van der Waals surface area contributed by atoms with Crippen molar-refractivity contribution in [1.29, 1.82) is 5.26 Å². The van der Waals surface area contributed by atoms with Crippen LogP contribution in [-0.2, 0) is 6.54 Å². The molecule has 18 heavy (non-hydrogen) atoms. The summed E-state index contributed by atoms with van der Waals surface area (Å²) < 4.78 is 1.64. The summed E-state index contributed by atoms with van der Waals surface area (Å²) in [6.45, 7) is 5.45. The molecule has 0 aliphatic heterocycles. The highest BCUT2D eigenvalue weighted by Crippen LogP contribution is 2.15. The molecule has 0 fully saturated rings. The Hall–Kier alpha value is -1.26. The Balaban J connectivity index is 2.49. The van der Waals surface area contributed by atoms with Gasteiger partial charge in [0.2, 0.25) is 0 Å². The van der Waals surface area contributed by atoms with Crippen LogP contribution in [0.3, 0.4) is 0 Å². The SMILES string of the molecule is CCCn1c(SCCC(C#N)NCC)n[nH]c1=O. The van der Waals surface area contributed by atoms with Gasteiger partial charge in [0, 0.05) is 12.3 Å². The summed E-state index contributed by atoms with van der Waals surface area (Å²) in [6.07, 6.45) is 1.63. The number of nitrogens with zero attached hydrogens (tertiary/aromatic N) is 3. The third-order valence-electron chi connectivity index (χ3n) is 2.41. The molecule has 0 aliphatic carbocycles. The molecule has 1 aromatic heterocycles. The molecule has 7 heteroatoms. The van der Waals surface area contributed by atoms with Crippen LogP contribution >= 0.6 is 11.8 Å². The van der Waals surface area contributed by atoms with Crippen molar-refractivity contribution in [3.63, 3.8) is 0 Å². The van der Waals surface area contributed by atoms with Crippen molar-refractivity contribution in [2.24, 2.45) is 0 Å². The summed E-state index contributed by atoms with van der Waals surface area (Å²) in [4.78, 5) is 11.5. The predicted octanol–water partition coefficient (Wildman–Crippen LogP) is 0.965. The van der Waals surface area contributed by atoms with Gasteiger partial charge in [-0.15, -0.1) is 5.10 Å². The maximum Gasteiger partial charge on any atom is 0.343 e. The van der Waals surface area contributed by atoms with Crippen molar-refractivity contribution in [2.45, 2.75) is 44.4 Å². The van der Waals surface area contributed by atoms with Gasteiger partial charge in [-0.2, -0.15) is 5.26 Å². The summed E-state index contributed by atoms with van der Waals surface area (Å²) >= 11 is 1.51. The van der Waals surface area contributed by atoms with E-state index in [1.54, 1.807) is 4.57 Å². The van der Waals surface area contributed by atoms with E-state index in [9.17, 15) is 4.79 Å². The first-order chi connectivity index (χ1) is 8.72. The number of hydrogen-bond acceptors (Lipinski definition) is 5. The highest BCUT2D eigenvalue weighted by atomic mass is 32.2. The standard InChI is InChI=1S/C11H19N5OS/c1-3-6-16-10(17)14-15-11(16)18-7-5-9(8-12)13-4-2/h9,13H,3-7H2,1-2H3,(H,14,17). The molecule has 0 spiro atoms. The van der Waals surface area contributed by atoms with Crippen molar-refractivity contribution < 1.29 is 0 Å². The van der Waals surface area contributed by atoms with E-state index in [0.717, 1.165) is 25.1 Å². The highest BCUT2D eigenvalue weighted by molar-refractivity contribution is 7.99. The normalized spacial score (nSPS) is 12.3. The van der Waals surface area contributed by atoms with Gasteiger partial charge in [0.1, 0.15) is 0 Å². The molecule has 1 unspecified atom stereocenters. The fraction of sp³-hybridized carbons (Fsp3) is 0.727. The molecule has 0 aliphatic rings. The van der Waals surface area contributed by atoms with Gasteiger partial charge in [-0.1, -0.05) is 25.6 Å². The molecule has 0 saturated carbocycles. The molecular weight excluding hydrogens is 250 g/mol. The zero-order valence-corrected chi connectivity index (χ0v) is 11.6. The Bertz CT molecular complexity index is 447. The lowest BCUT2D eigenvalue weighted by Gasteiger charge is -2.08. The number of aromatic nitrogens is 3. The van der Waals surface area contributed by atoms with E-state index in [1.165, 1.54) is 11.8 Å². The number of thioether (sulfide) groups is 1. The Morgan fingerprint density at radius 2 is 2.39 bits per heavy atom. The van der Waals surface area contributed by atoms with Crippen molar-refractivity contribution >= 4 is 11.8 Å². The van der Waals surface area contributed by atoms with Crippen LogP contribution in [-0.4, -0.2) is 33.1 Å². The topological polar surface area (TPSA) is 86.5 Å². The van der Waals surface area contributed by atoms with E-state index in [2.05, 4.69) is 21.6 Å². The summed E-state index contributed by atoms with van der Waals surface area (Å²) in [7, 11) is 0. The quantitative estimate of drug-likeness (QED) is 0.687. The number of rotatable bonds is 8. The Morgan fingerprint density at radius 3 is 3.00 bits per heavy atom. The number of nitrogens with one attached hydrogen (secondary N) is 2. The monoisotopic (exact) mass is 269 g/mol. The lowest BCUT2D eigenvalue weighted by molar-refractivity contribution is 0.598. The van der Waals surface area contributed by atoms with Crippen molar-refractivity contribution in [2.75, 3.05) is 12.3 Å². The van der Waals surface area contributed by atoms with Crippen LogP contribution in [0.2, 0.25) is 0 Å². The van der Waals surface area contributed by atoms with Gasteiger partial charge >= 0.3 is 5.69 Å². The van der Waals surface area contributed by atoms with Crippen LogP contribution in [0.15, 0.2) is 9.95 Å². The molecular formula is C11H19N5OS. The van der Waals surface area contributed by atoms with E-state index in [4.69, 9.17) is 5.26 Å². The lowest BCUT2D eigenvalue weighted by atomic mass is 10.2. The van der Waals surface area contributed by atoms with E-state index in [1.807, 2.05) is 13.8 Å². The van der Waals surface area contributed by atoms with Crippen LogP contribution < -0.4 is 11.0 Å². The predicted molar refractivity (Wildman–Crippen MR) is 71.6 cm³/mol. The maximum atomic E-state index is 11.5. The van der Waals surface area contributed by atoms with E-state index < -0.39 is 0 Å². The number of nitriles is 1. The second-order valence-electron chi connectivity index (χ2n) is 3.84. The molecule has 0 amide bonds. The van der Waals surface area contributed by atoms with Gasteiger partial charge < -0.3 is 5.32 Å². The molecule has 0 aromatic carbocycles. The van der Waals surface area contributed by atoms with Gasteiger partial charge in [0.25, 0.3) is 0 Å². The van der Waals surface area contributed by atoms with E-state index >= 15 is 0 Å². The van der Waals surface area contributed by atoms with Gasteiger partial charge in [0.15, 0.2) is 5.16 Å². The second-order valence-corrected chi connectivity index (χ2v) is 4.90. The fourth-order valence-electron chi connectivity index (χ4n) is 1.56. The fourth-order valence-corrected chi connectivity index (χ4v) is 2.54. The zero-order valence-electron chi connectivity index (χ0n) is 10.8. The third kappa shape index (κ3) is 4.20. The van der Waals surface area contributed by atoms with Crippen LogP contribution in [0, 0.1) is 11.3 Å². The van der Waals surface area contributed by atoms with Gasteiger partial charge in [-0.3, -0.25) is 4.57 Å². The maximum absolute atomic E-state index is 11.5. The smallest absolute Gasteiger partial charge is 0.302 e.